The fourth-order valence-electron chi connectivity index (χ4n) is 3.94. The molecule has 1 N–H and O–H groups in total. The molecule has 5 nitrogen and oxygen atoms in total. The molecule has 0 spiro atoms. The molecule has 1 amide bonds. The maximum atomic E-state index is 12.8. The molecule has 0 radical (unpaired) electrons. The average Bonchev–Trinajstić information content (AvgIpc) is 3.36. The summed E-state index contributed by atoms with van der Waals surface area (Å²) in [6.07, 6.45) is 2.61. The van der Waals surface area contributed by atoms with Gasteiger partial charge < -0.3 is 19.4 Å². The van der Waals surface area contributed by atoms with Crippen LogP contribution in [0.15, 0.2) is 65.3 Å². The van der Waals surface area contributed by atoms with Crippen molar-refractivity contribution in [1.29, 1.82) is 0 Å². The van der Waals surface area contributed by atoms with Gasteiger partial charge in [-0.05, 0) is 49.1 Å². The number of ether oxygens (including phenoxy) is 1. The first-order valence-electron chi connectivity index (χ1n) is 10.5. The van der Waals surface area contributed by atoms with Crippen molar-refractivity contribution in [3.05, 3.63) is 88.9 Å². The first kappa shape index (κ1) is 20.2. The van der Waals surface area contributed by atoms with E-state index in [9.17, 15) is 4.79 Å². The van der Waals surface area contributed by atoms with Gasteiger partial charge in [0, 0.05) is 24.9 Å². The van der Waals surface area contributed by atoms with Crippen LogP contribution in [-0.4, -0.2) is 18.6 Å². The molecule has 2 heterocycles. The molecule has 1 aromatic heterocycles. The fraction of sp³-hybridized carbons (Fsp3) is 0.320. The molecule has 3 aromatic rings. The van der Waals surface area contributed by atoms with Crippen molar-refractivity contribution in [1.82, 2.24) is 5.32 Å². The third-order valence-corrected chi connectivity index (χ3v) is 5.60. The minimum absolute atomic E-state index is 0.114. The van der Waals surface area contributed by atoms with Crippen LogP contribution in [0.4, 0.5) is 5.69 Å². The Bertz CT molecular complexity index is 994. The minimum Gasteiger partial charge on any atom is -0.467 e. The summed E-state index contributed by atoms with van der Waals surface area (Å²) in [6, 6.07) is 18.7. The van der Waals surface area contributed by atoms with Crippen molar-refractivity contribution in [3.8, 4) is 0 Å². The van der Waals surface area contributed by atoms with E-state index in [2.05, 4.69) is 41.4 Å². The van der Waals surface area contributed by atoms with E-state index in [0.717, 1.165) is 17.5 Å². The van der Waals surface area contributed by atoms with Gasteiger partial charge in [-0.2, -0.15) is 0 Å². The summed E-state index contributed by atoms with van der Waals surface area (Å²) in [5.41, 5.74) is 5.34. The molecular formula is C25H28N2O3. The van der Waals surface area contributed by atoms with Crippen LogP contribution in [0, 0.1) is 0 Å². The van der Waals surface area contributed by atoms with Gasteiger partial charge in [0.05, 0.1) is 25.0 Å². The van der Waals surface area contributed by atoms with Crippen molar-refractivity contribution in [2.24, 2.45) is 0 Å². The first-order chi connectivity index (χ1) is 14.7. The maximum Gasteiger partial charge on any atom is 0.255 e. The van der Waals surface area contributed by atoms with Crippen LogP contribution in [0.5, 0.6) is 0 Å². The smallest absolute Gasteiger partial charge is 0.255 e. The van der Waals surface area contributed by atoms with Crippen LogP contribution >= 0.6 is 0 Å². The summed E-state index contributed by atoms with van der Waals surface area (Å²) in [7, 11) is 0. The zero-order chi connectivity index (χ0) is 20.9. The number of furan rings is 1. The van der Waals surface area contributed by atoms with Crippen molar-refractivity contribution < 1.29 is 13.9 Å². The summed E-state index contributed by atoms with van der Waals surface area (Å²) in [5.74, 6) is 0.584. The SMILES string of the molecule is CCOCc1ccc(CNC(=O)c2ccoc2CN2c3ccccc3CC2C)cc1. The number of carbonyl (C=O) groups is 1. The van der Waals surface area contributed by atoms with Crippen LogP contribution < -0.4 is 10.2 Å². The predicted octanol–water partition coefficient (Wildman–Crippen LogP) is 4.70. The number of rotatable bonds is 8. The number of para-hydroxylation sites is 1. The second kappa shape index (κ2) is 9.18. The van der Waals surface area contributed by atoms with Crippen molar-refractivity contribution >= 4 is 11.6 Å². The van der Waals surface area contributed by atoms with Gasteiger partial charge in [-0.25, -0.2) is 0 Å². The van der Waals surface area contributed by atoms with Gasteiger partial charge in [-0.1, -0.05) is 42.5 Å². The zero-order valence-electron chi connectivity index (χ0n) is 17.6. The standard InChI is InChI=1S/C25H28N2O3/c1-3-29-17-20-10-8-19(9-11-20)15-26-25(28)22-12-13-30-24(22)16-27-18(2)14-21-6-4-5-7-23(21)27/h4-13,18H,3,14-17H2,1-2H3,(H,26,28). The predicted molar refractivity (Wildman–Crippen MR) is 117 cm³/mol. The molecule has 1 aliphatic rings. The van der Waals surface area contributed by atoms with E-state index in [1.165, 1.54) is 11.3 Å². The lowest BCUT2D eigenvalue weighted by Crippen LogP contribution is -2.30. The van der Waals surface area contributed by atoms with Crippen LogP contribution in [0.3, 0.4) is 0 Å². The number of carbonyl (C=O) groups excluding carboxylic acids is 1. The lowest BCUT2D eigenvalue weighted by molar-refractivity contribution is 0.0948. The minimum atomic E-state index is -0.114. The number of benzene rings is 2. The Morgan fingerprint density at radius 2 is 1.90 bits per heavy atom. The van der Waals surface area contributed by atoms with Crippen LogP contribution in [0.1, 0.15) is 46.7 Å². The Kier molecular flexibility index (Phi) is 6.19. The summed E-state index contributed by atoms with van der Waals surface area (Å²) in [4.78, 5) is 15.1. The molecule has 0 fully saturated rings. The van der Waals surface area contributed by atoms with Gasteiger partial charge in [-0.15, -0.1) is 0 Å². The molecule has 4 rings (SSSR count). The maximum absolute atomic E-state index is 12.8. The number of nitrogens with one attached hydrogen (secondary N) is 1. The molecule has 5 heteroatoms. The highest BCUT2D eigenvalue weighted by molar-refractivity contribution is 5.95. The van der Waals surface area contributed by atoms with Gasteiger partial charge in [0.1, 0.15) is 5.76 Å². The van der Waals surface area contributed by atoms with Gasteiger partial charge in [-0.3, -0.25) is 4.79 Å². The molecule has 156 valence electrons. The van der Waals surface area contributed by atoms with Crippen LogP contribution in [-0.2, 0) is 30.9 Å². The van der Waals surface area contributed by atoms with Crippen molar-refractivity contribution in [3.63, 3.8) is 0 Å². The third-order valence-electron chi connectivity index (χ3n) is 5.60. The summed E-state index contributed by atoms with van der Waals surface area (Å²) in [6.45, 7) is 6.56. The first-order valence-corrected chi connectivity index (χ1v) is 10.5. The normalized spacial score (nSPS) is 15.3. The quantitative estimate of drug-likeness (QED) is 0.591. The molecule has 30 heavy (non-hydrogen) atoms. The lowest BCUT2D eigenvalue weighted by atomic mass is 10.1. The molecular weight excluding hydrogens is 376 g/mol. The van der Waals surface area contributed by atoms with E-state index in [0.29, 0.717) is 43.7 Å². The second-order valence-corrected chi connectivity index (χ2v) is 7.70. The Hall–Kier alpha value is -3.05. The molecule has 2 aromatic carbocycles. The molecule has 1 unspecified atom stereocenters. The van der Waals surface area contributed by atoms with Gasteiger partial charge >= 0.3 is 0 Å². The Morgan fingerprint density at radius 1 is 1.13 bits per heavy atom. The monoisotopic (exact) mass is 404 g/mol. The molecule has 0 aliphatic carbocycles. The molecule has 1 atom stereocenters. The van der Waals surface area contributed by atoms with Crippen LogP contribution in [0.2, 0.25) is 0 Å². The summed E-state index contributed by atoms with van der Waals surface area (Å²) in [5, 5.41) is 3.01. The third kappa shape index (κ3) is 4.41. The number of fused-ring (bicyclic) bond motifs is 1. The van der Waals surface area contributed by atoms with E-state index in [-0.39, 0.29) is 5.91 Å². The van der Waals surface area contributed by atoms with E-state index < -0.39 is 0 Å². The largest absolute Gasteiger partial charge is 0.467 e. The Morgan fingerprint density at radius 3 is 2.70 bits per heavy atom. The number of nitrogens with zero attached hydrogens (tertiary/aromatic N) is 1. The Labute approximate surface area is 177 Å². The van der Waals surface area contributed by atoms with Gasteiger partial charge in [0.15, 0.2) is 0 Å². The fourth-order valence-corrected chi connectivity index (χ4v) is 3.94. The average molecular weight is 405 g/mol. The molecule has 1 aliphatic heterocycles. The van der Waals surface area contributed by atoms with E-state index >= 15 is 0 Å². The second-order valence-electron chi connectivity index (χ2n) is 7.70. The lowest BCUT2D eigenvalue weighted by Gasteiger charge is -2.24. The van der Waals surface area contributed by atoms with Crippen molar-refractivity contribution in [2.75, 3.05) is 11.5 Å². The molecule has 0 saturated carbocycles. The van der Waals surface area contributed by atoms with Crippen molar-refractivity contribution in [2.45, 2.75) is 46.0 Å². The van der Waals surface area contributed by atoms with E-state index in [1.54, 1.807) is 12.3 Å². The highest BCUT2D eigenvalue weighted by atomic mass is 16.5. The topological polar surface area (TPSA) is 54.7 Å². The number of hydrogen-bond acceptors (Lipinski definition) is 4. The van der Waals surface area contributed by atoms with Gasteiger partial charge in [0.2, 0.25) is 0 Å². The van der Waals surface area contributed by atoms with E-state index in [4.69, 9.17) is 9.15 Å². The summed E-state index contributed by atoms with van der Waals surface area (Å²) < 4.78 is 11.1. The summed E-state index contributed by atoms with van der Waals surface area (Å²) >= 11 is 0. The van der Waals surface area contributed by atoms with E-state index in [1.807, 2.05) is 31.2 Å². The van der Waals surface area contributed by atoms with Crippen LogP contribution in [0.25, 0.3) is 0 Å². The number of amides is 1. The van der Waals surface area contributed by atoms with Gasteiger partial charge in [0.25, 0.3) is 5.91 Å². The molecule has 0 saturated heterocycles. The highest BCUT2D eigenvalue weighted by Crippen LogP contribution is 2.33. The number of anilines is 1. The molecule has 0 bridgehead atoms. The highest BCUT2D eigenvalue weighted by Gasteiger charge is 2.27. The number of hydrogen-bond donors (Lipinski definition) is 1. The Balaban J connectivity index is 1.39. The zero-order valence-corrected chi connectivity index (χ0v) is 17.6.